The van der Waals surface area contributed by atoms with Gasteiger partial charge in [0.2, 0.25) is 5.91 Å². The van der Waals surface area contributed by atoms with Crippen molar-refractivity contribution in [3.05, 3.63) is 31.2 Å². The number of hydrogen-bond acceptors (Lipinski definition) is 5. The first-order chi connectivity index (χ1) is 10.2. The largest absolute Gasteiger partial charge is 0.391 e. The van der Waals surface area contributed by atoms with E-state index in [4.69, 9.17) is 0 Å². The number of nitrogens with one attached hydrogen (secondary N) is 2. The quantitative estimate of drug-likeness (QED) is 0.715. The van der Waals surface area contributed by atoms with Crippen LogP contribution in [0, 0.1) is 0 Å². The number of carbonyl (C=O) groups excluding carboxylic acids is 1. The standard InChI is InChI=1S/C14H17N5O2/c1-2-12(21)19-6-9(5-10(20)7-19)18-14-11-3-4-15-13(11)16-8-17-14/h2-4,8-10,20H,1,5-7H2,(H2,15,16,17,18)/t9-,10?/m1/s1. The number of rotatable bonds is 3. The molecule has 0 bridgehead atoms. The van der Waals surface area contributed by atoms with E-state index in [9.17, 15) is 9.90 Å². The summed E-state index contributed by atoms with van der Waals surface area (Å²) in [7, 11) is 0. The molecule has 1 unspecified atom stereocenters. The van der Waals surface area contributed by atoms with Crippen LogP contribution in [0.15, 0.2) is 31.2 Å². The van der Waals surface area contributed by atoms with Crippen molar-refractivity contribution < 1.29 is 9.90 Å². The molecule has 0 aliphatic carbocycles. The molecule has 3 heterocycles. The number of carbonyl (C=O) groups is 1. The second-order valence-electron chi connectivity index (χ2n) is 5.14. The highest BCUT2D eigenvalue weighted by molar-refractivity contribution is 5.88. The van der Waals surface area contributed by atoms with Crippen molar-refractivity contribution >= 4 is 22.8 Å². The van der Waals surface area contributed by atoms with Crippen LogP contribution in [-0.2, 0) is 4.79 Å². The van der Waals surface area contributed by atoms with E-state index < -0.39 is 6.10 Å². The van der Waals surface area contributed by atoms with Gasteiger partial charge in [0.1, 0.15) is 17.8 Å². The molecular weight excluding hydrogens is 270 g/mol. The van der Waals surface area contributed by atoms with Gasteiger partial charge in [0.15, 0.2) is 0 Å². The van der Waals surface area contributed by atoms with Crippen LogP contribution in [0.1, 0.15) is 6.42 Å². The van der Waals surface area contributed by atoms with Crippen LogP contribution < -0.4 is 5.32 Å². The molecule has 1 saturated heterocycles. The van der Waals surface area contributed by atoms with Crippen molar-refractivity contribution in [1.82, 2.24) is 19.9 Å². The lowest BCUT2D eigenvalue weighted by Gasteiger charge is -2.35. The summed E-state index contributed by atoms with van der Waals surface area (Å²) in [5.41, 5.74) is 0.753. The molecule has 1 amide bonds. The first kappa shape index (κ1) is 13.6. The Hall–Kier alpha value is -2.41. The zero-order valence-corrected chi connectivity index (χ0v) is 11.5. The second kappa shape index (κ2) is 5.53. The van der Waals surface area contributed by atoms with E-state index in [-0.39, 0.29) is 11.9 Å². The minimum atomic E-state index is -0.552. The number of anilines is 1. The maximum atomic E-state index is 11.7. The molecule has 3 N–H and O–H groups in total. The number of aliphatic hydroxyl groups is 1. The van der Waals surface area contributed by atoms with E-state index in [1.54, 1.807) is 11.1 Å². The van der Waals surface area contributed by atoms with Crippen LogP contribution in [-0.4, -0.2) is 56.1 Å². The molecule has 0 aromatic carbocycles. The summed E-state index contributed by atoms with van der Waals surface area (Å²) in [5.74, 6) is 0.529. The number of aromatic nitrogens is 3. The van der Waals surface area contributed by atoms with Crippen molar-refractivity contribution in [3.8, 4) is 0 Å². The van der Waals surface area contributed by atoms with Gasteiger partial charge in [-0.3, -0.25) is 4.79 Å². The fraction of sp³-hybridized carbons (Fsp3) is 0.357. The summed E-state index contributed by atoms with van der Waals surface area (Å²) >= 11 is 0. The third-order valence-corrected chi connectivity index (χ3v) is 3.61. The summed E-state index contributed by atoms with van der Waals surface area (Å²) in [4.78, 5) is 24.7. The summed E-state index contributed by atoms with van der Waals surface area (Å²) in [5, 5.41) is 14.1. The lowest BCUT2D eigenvalue weighted by molar-refractivity contribution is -0.129. The van der Waals surface area contributed by atoms with Crippen molar-refractivity contribution in [3.63, 3.8) is 0 Å². The monoisotopic (exact) mass is 287 g/mol. The Bertz CT molecular complexity index is 668. The Morgan fingerprint density at radius 3 is 3.19 bits per heavy atom. The van der Waals surface area contributed by atoms with Crippen LogP contribution in [0.4, 0.5) is 5.82 Å². The van der Waals surface area contributed by atoms with Gasteiger partial charge in [-0.2, -0.15) is 0 Å². The Balaban J connectivity index is 1.79. The van der Waals surface area contributed by atoms with Gasteiger partial charge in [-0.15, -0.1) is 0 Å². The van der Waals surface area contributed by atoms with E-state index in [0.717, 1.165) is 11.0 Å². The molecule has 2 aromatic rings. The Kier molecular flexibility index (Phi) is 3.57. The number of β-amino-alcohol motifs (C(OH)–C–C–N with tert-alkyl or cyclic N) is 1. The summed E-state index contributed by atoms with van der Waals surface area (Å²) < 4.78 is 0. The summed E-state index contributed by atoms with van der Waals surface area (Å²) in [6.07, 6.45) is 4.56. The number of fused-ring (bicyclic) bond motifs is 1. The first-order valence-electron chi connectivity index (χ1n) is 6.81. The molecule has 2 atom stereocenters. The molecule has 1 fully saturated rings. The van der Waals surface area contributed by atoms with Crippen molar-refractivity contribution in [1.29, 1.82) is 0 Å². The molecule has 7 heteroatoms. The predicted octanol–water partition coefficient (Wildman–Crippen LogP) is 0.518. The highest BCUT2D eigenvalue weighted by Crippen LogP contribution is 2.21. The lowest BCUT2D eigenvalue weighted by Crippen LogP contribution is -2.50. The summed E-state index contributed by atoms with van der Waals surface area (Å²) in [6.45, 7) is 4.34. The number of nitrogens with zero attached hydrogens (tertiary/aromatic N) is 3. The van der Waals surface area contributed by atoms with Gasteiger partial charge in [-0.05, 0) is 18.6 Å². The number of amides is 1. The smallest absolute Gasteiger partial charge is 0.246 e. The fourth-order valence-electron chi connectivity index (χ4n) is 2.67. The van der Waals surface area contributed by atoms with Crippen LogP contribution in [0.3, 0.4) is 0 Å². The van der Waals surface area contributed by atoms with Gasteiger partial charge in [0, 0.05) is 25.3 Å². The topological polar surface area (TPSA) is 94.1 Å². The fourth-order valence-corrected chi connectivity index (χ4v) is 2.67. The number of hydrogen-bond donors (Lipinski definition) is 3. The van der Waals surface area contributed by atoms with Gasteiger partial charge in [0.25, 0.3) is 0 Å². The molecular formula is C14H17N5O2. The van der Waals surface area contributed by atoms with Crippen LogP contribution in [0.25, 0.3) is 11.0 Å². The van der Waals surface area contributed by atoms with Crippen molar-refractivity contribution in [2.24, 2.45) is 0 Å². The minimum Gasteiger partial charge on any atom is -0.391 e. The molecule has 2 aromatic heterocycles. The SMILES string of the molecule is C=CC(=O)N1CC(O)C[C@@H](Nc2ncnc3[nH]ccc23)C1. The summed E-state index contributed by atoms with van der Waals surface area (Å²) in [6, 6.07) is 1.83. The molecule has 0 spiro atoms. The van der Waals surface area contributed by atoms with Crippen LogP contribution in [0.5, 0.6) is 0 Å². The first-order valence-corrected chi connectivity index (χ1v) is 6.81. The Morgan fingerprint density at radius 2 is 2.38 bits per heavy atom. The van der Waals surface area contributed by atoms with E-state index in [1.807, 2.05) is 6.07 Å². The van der Waals surface area contributed by atoms with E-state index in [1.165, 1.54) is 12.4 Å². The van der Waals surface area contributed by atoms with Crippen LogP contribution in [0.2, 0.25) is 0 Å². The van der Waals surface area contributed by atoms with Gasteiger partial charge in [-0.25, -0.2) is 9.97 Å². The van der Waals surface area contributed by atoms with Gasteiger partial charge in [0.05, 0.1) is 11.5 Å². The zero-order chi connectivity index (χ0) is 14.8. The van der Waals surface area contributed by atoms with Crippen molar-refractivity contribution in [2.75, 3.05) is 18.4 Å². The lowest BCUT2D eigenvalue weighted by atomic mass is 10.0. The Morgan fingerprint density at radius 1 is 1.52 bits per heavy atom. The van der Waals surface area contributed by atoms with E-state index >= 15 is 0 Å². The molecule has 21 heavy (non-hydrogen) atoms. The molecule has 1 aliphatic heterocycles. The maximum Gasteiger partial charge on any atom is 0.246 e. The highest BCUT2D eigenvalue weighted by Gasteiger charge is 2.28. The number of aromatic amines is 1. The normalized spacial score (nSPS) is 22.2. The number of aliphatic hydroxyl groups excluding tert-OH is 1. The van der Waals surface area contributed by atoms with Gasteiger partial charge < -0.3 is 20.3 Å². The van der Waals surface area contributed by atoms with Crippen LogP contribution >= 0.6 is 0 Å². The molecule has 110 valence electrons. The number of piperidine rings is 1. The average molecular weight is 287 g/mol. The molecule has 0 radical (unpaired) electrons. The molecule has 1 aliphatic rings. The zero-order valence-electron chi connectivity index (χ0n) is 11.5. The van der Waals surface area contributed by atoms with E-state index in [0.29, 0.717) is 25.3 Å². The second-order valence-corrected chi connectivity index (χ2v) is 5.14. The van der Waals surface area contributed by atoms with E-state index in [2.05, 4.69) is 26.8 Å². The average Bonchev–Trinajstić information content (AvgIpc) is 2.95. The molecule has 3 rings (SSSR count). The predicted molar refractivity (Wildman–Crippen MR) is 78.7 cm³/mol. The third-order valence-electron chi connectivity index (χ3n) is 3.61. The maximum absolute atomic E-state index is 11.7. The number of H-pyrrole nitrogens is 1. The Labute approximate surface area is 121 Å². The number of likely N-dealkylation sites (tertiary alicyclic amines) is 1. The molecule has 0 saturated carbocycles. The molecule has 7 nitrogen and oxygen atoms in total. The van der Waals surface area contributed by atoms with Gasteiger partial charge >= 0.3 is 0 Å². The highest BCUT2D eigenvalue weighted by atomic mass is 16.3. The van der Waals surface area contributed by atoms with Gasteiger partial charge in [-0.1, -0.05) is 6.58 Å². The third kappa shape index (κ3) is 2.73. The van der Waals surface area contributed by atoms with Crippen molar-refractivity contribution in [2.45, 2.75) is 18.6 Å². The minimum absolute atomic E-state index is 0.0642.